The van der Waals surface area contributed by atoms with Crippen molar-refractivity contribution >= 4 is 17.9 Å². The van der Waals surface area contributed by atoms with Crippen LogP contribution in [0.4, 0.5) is 0 Å². The quantitative estimate of drug-likeness (QED) is 0.400. The van der Waals surface area contributed by atoms with Crippen LogP contribution < -0.4 is 4.90 Å². The van der Waals surface area contributed by atoms with Crippen LogP contribution in [0.1, 0.15) is 0 Å². The van der Waals surface area contributed by atoms with Gasteiger partial charge in [0.15, 0.2) is 19.6 Å². The van der Waals surface area contributed by atoms with E-state index in [4.69, 9.17) is 0 Å². The number of hydrogen-bond acceptors (Lipinski definition) is 6. The fraction of sp³-hybridized carbons (Fsp3) is 0.667. The molecular weight excluding hydrogens is 218 g/mol. The highest BCUT2D eigenvalue weighted by Crippen LogP contribution is 1.72. The number of ether oxygens (including phenoxy) is 3. The van der Waals surface area contributed by atoms with Crippen molar-refractivity contribution in [1.29, 1.82) is 0 Å². The molecule has 0 aliphatic rings. The van der Waals surface area contributed by atoms with E-state index in [1.165, 1.54) is 21.3 Å². The first kappa shape index (κ1) is 14.4. The highest BCUT2D eigenvalue weighted by molar-refractivity contribution is 5.74. The molecule has 0 aromatic carbocycles. The standard InChI is InChI=1S/C9H15NO6/c1-14-7(11)4-10(5-8(12)15-2)6-9(13)16-3/h4-6H2,1-3H3/p+1. The van der Waals surface area contributed by atoms with Gasteiger partial charge >= 0.3 is 17.9 Å². The second kappa shape index (κ2) is 7.63. The second-order valence-electron chi connectivity index (χ2n) is 3.01. The highest BCUT2D eigenvalue weighted by Gasteiger charge is 2.22. The van der Waals surface area contributed by atoms with Gasteiger partial charge in [-0.3, -0.25) is 0 Å². The zero-order valence-electron chi connectivity index (χ0n) is 9.57. The Bertz CT molecular complexity index is 222. The molecule has 0 atom stereocenters. The zero-order chi connectivity index (χ0) is 12.6. The van der Waals surface area contributed by atoms with Gasteiger partial charge in [0.05, 0.1) is 21.3 Å². The van der Waals surface area contributed by atoms with E-state index in [0.29, 0.717) is 4.90 Å². The van der Waals surface area contributed by atoms with Gasteiger partial charge in [0.2, 0.25) is 0 Å². The van der Waals surface area contributed by atoms with Crippen LogP contribution in [0.15, 0.2) is 0 Å². The van der Waals surface area contributed by atoms with E-state index >= 15 is 0 Å². The smallest absolute Gasteiger partial charge is 0.361 e. The van der Waals surface area contributed by atoms with Crippen LogP contribution in [-0.2, 0) is 28.6 Å². The van der Waals surface area contributed by atoms with E-state index in [-0.39, 0.29) is 19.6 Å². The van der Waals surface area contributed by atoms with Crippen LogP contribution in [0, 0.1) is 0 Å². The molecule has 0 rings (SSSR count). The number of esters is 3. The number of carbonyl (C=O) groups is 3. The fourth-order valence-corrected chi connectivity index (χ4v) is 1.02. The molecule has 92 valence electrons. The highest BCUT2D eigenvalue weighted by atomic mass is 16.5. The van der Waals surface area contributed by atoms with Crippen LogP contribution in [0.2, 0.25) is 0 Å². The van der Waals surface area contributed by atoms with Crippen molar-refractivity contribution in [2.45, 2.75) is 0 Å². The summed E-state index contributed by atoms with van der Waals surface area (Å²) in [6.07, 6.45) is 0. The minimum atomic E-state index is -0.511. The Morgan fingerprint density at radius 1 is 0.750 bits per heavy atom. The summed E-state index contributed by atoms with van der Waals surface area (Å²) in [6, 6.07) is 0. The molecule has 0 fully saturated rings. The average Bonchev–Trinajstić information content (AvgIpc) is 2.28. The Labute approximate surface area is 93.2 Å². The van der Waals surface area contributed by atoms with Crippen molar-refractivity contribution in [2.75, 3.05) is 41.0 Å². The number of quaternary nitrogens is 1. The molecule has 16 heavy (non-hydrogen) atoms. The van der Waals surface area contributed by atoms with E-state index < -0.39 is 17.9 Å². The molecular formula is C9H16NO6+. The van der Waals surface area contributed by atoms with Gasteiger partial charge < -0.3 is 19.1 Å². The summed E-state index contributed by atoms with van der Waals surface area (Å²) in [5, 5.41) is 0. The van der Waals surface area contributed by atoms with E-state index in [2.05, 4.69) is 14.2 Å². The second-order valence-corrected chi connectivity index (χ2v) is 3.01. The van der Waals surface area contributed by atoms with Gasteiger partial charge in [-0.15, -0.1) is 0 Å². The maximum atomic E-state index is 11.0. The molecule has 0 aliphatic carbocycles. The Morgan fingerprint density at radius 2 is 1.00 bits per heavy atom. The molecule has 0 amide bonds. The number of carbonyl (C=O) groups excluding carboxylic acids is 3. The van der Waals surface area contributed by atoms with E-state index in [1.54, 1.807) is 0 Å². The van der Waals surface area contributed by atoms with Crippen LogP contribution in [0.5, 0.6) is 0 Å². The molecule has 0 saturated carbocycles. The van der Waals surface area contributed by atoms with Crippen molar-refractivity contribution in [3.8, 4) is 0 Å². The van der Waals surface area contributed by atoms with Crippen LogP contribution in [-0.4, -0.2) is 58.9 Å². The predicted octanol–water partition coefficient (Wildman–Crippen LogP) is -2.61. The van der Waals surface area contributed by atoms with Gasteiger partial charge in [-0.05, 0) is 0 Å². The first-order valence-electron chi connectivity index (χ1n) is 4.57. The Kier molecular flexibility index (Phi) is 6.86. The van der Waals surface area contributed by atoms with E-state index in [9.17, 15) is 14.4 Å². The first-order valence-corrected chi connectivity index (χ1v) is 4.57. The predicted molar refractivity (Wildman–Crippen MR) is 51.6 cm³/mol. The third-order valence-electron chi connectivity index (χ3n) is 1.87. The summed E-state index contributed by atoms with van der Waals surface area (Å²) in [5.74, 6) is -1.53. The molecule has 7 nitrogen and oxygen atoms in total. The van der Waals surface area contributed by atoms with E-state index in [1.807, 2.05) is 0 Å². The maximum Gasteiger partial charge on any atom is 0.361 e. The molecule has 0 saturated heterocycles. The van der Waals surface area contributed by atoms with Crippen LogP contribution in [0.3, 0.4) is 0 Å². The molecule has 0 spiro atoms. The van der Waals surface area contributed by atoms with Crippen molar-refractivity contribution < 1.29 is 33.5 Å². The largest absolute Gasteiger partial charge is 0.465 e. The van der Waals surface area contributed by atoms with E-state index in [0.717, 1.165) is 0 Å². The van der Waals surface area contributed by atoms with Gasteiger partial charge in [0.25, 0.3) is 0 Å². The Morgan fingerprint density at radius 3 is 1.19 bits per heavy atom. The van der Waals surface area contributed by atoms with Crippen molar-refractivity contribution in [1.82, 2.24) is 0 Å². The lowest BCUT2D eigenvalue weighted by molar-refractivity contribution is -0.877. The number of rotatable bonds is 6. The molecule has 0 aromatic heterocycles. The lowest BCUT2D eigenvalue weighted by Crippen LogP contribution is -3.14. The van der Waals surface area contributed by atoms with Crippen molar-refractivity contribution in [2.24, 2.45) is 0 Å². The van der Waals surface area contributed by atoms with Gasteiger partial charge in [0.1, 0.15) is 0 Å². The normalized spacial score (nSPS) is 9.75. The van der Waals surface area contributed by atoms with Gasteiger partial charge in [-0.1, -0.05) is 0 Å². The summed E-state index contributed by atoms with van der Waals surface area (Å²) in [5.41, 5.74) is 0. The minimum Gasteiger partial charge on any atom is -0.465 e. The lowest BCUT2D eigenvalue weighted by atomic mass is 10.4. The molecule has 0 radical (unpaired) electrons. The topological polar surface area (TPSA) is 83.3 Å². The van der Waals surface area contributed by atoms with Crippen LogP contribution >= 0.6 is 0 Å². The molecule has 0 bridgehead atoms. The van der Waals surface area contributed by atoms with Gasteiger partial charge in [0, 0.05) is 0 Å². The van der Waals surface area contributed by atoms with Gasteiger partial charge in [-0.2, -0.15) is 0 Å². The van der Waals surface area contributed by atoms with Crippen LogP contribution in [0.25, 0.3) is 0 Å². The lowest BCUT2D eigenvalue weighted by Gasteiger charge is -2.15. The molecule has 0 aromatic rings. The first-order chi connectivity index (χ1) is 7.53. The number of methoxy groups -OCH3 is 3. The summed E-state index contributed by atoms with van der Waals surface area (Å²) >= 11 is 0. The third kappa shape index (κ3) is 5.97. The Balaban J connectivity index is 4.31. The fourth-order valence-electron chi connectivity index (χ4n) is 1.02. The van der Waals surface area contributed by atoms with Gasteiger partial charge in [-0.25, -0.2) is 14.4 Å². The molecule has 7 heteroatoms. The maximum absolute atomic E-state index is 11.0. The average molecular weight is 234 g/mol. The Hall–Kier alpha value is -1.63. The summed E-state index contributed by atoms with van der Waals surface area (Å²) < 4.78 is 13.3. The van der Waals surface area contributed by atoms with Crippen molar-refractivity contribution in [3.05, 3.63) is 0 Å². The summed E-state index contributed by atoms with van der Waals surface area (Å²) in [7, 11) is 3.70. The number of nitrogens with one attached hydrogen (secondary N) is 1. The number of hydrogen-bond donors (Lipinski definition) is 1. The monoisotopic (exact) mass is 234 g/mol. The molecule has 0 unspecified atom stereocenters. The molecule has 0 heterocycles. The molecule has 1 N–H and O–H groups in total. The zero-order valence-corrected chi connectivity index (χ0v) is 9.57. The summed E-state index contributed by atoms with van der Waals surface area (Å²) in [6.45, 7) is -0.290. The minimum absolute atomic E-state index is 0.0965. The molecule has 0 aliphatic heterocycles. The van der Waals surface area contributed by atoms with Crippen molar-refractivity contribution in [3.63, 3.8) is 0 Å². The third-order valence-corrected chi connectivity index (χ3v) is 1.87. The SMILES string of the molecule is COC(=O)C[NH+](CC(=O)OC)CC(=O)OC. The summed E-state index contributed by atoms with van der Waals surface area (Å²) in [4.78, 5) is 33.5.